The molecule has 0 bridgehead atoms. The molecule has 0 unspecified atom stereocenters. The fourth-order valence-electron chi connectivity index (χ4n) is 0.825. The summed E-state index contributed by atoms with van der Waals surface area (Å²) in [6, 6.07) is 5.39. The Labute approximate surface area is 84.3 Å². The molecule has 4 heteroatoms. The van der Waals surface area contributed by atoms with Gasteiger partial charge in [0, 0.05) is 15.3 Å². The third-order valence-electron chi connectivity index (χ3n) is 1.44. The number of hydrogen-bond acceptors (Lipinski definition) is 3. The molecule has 62 valence electrons. The molecule has 2 N–H and O–H groups in total. The molecule has 0 spiro atoms. The predicted octanol–water partition coefficient (Wildman–Crippen LogP) is 1.75. The van der Waals surface area contributed by atoms with Gasteiger partial charge in [0.05, 0.1) is 12.7 Å². The smallest absolute Gasteiger partial charge is 0.138 e. The summed E-state index contributed by atoms with van der Waals surface area (Å²) in [5.74, 6) is 0.524. The lowest BCUT2D eigenvalue weighted by atomic mass is 10.2. The summed E-state index contributed by atoms with van der Waals surface area (Å²) in [4.78, 5) is 0. The minimum atomic E-state index is 0.510. The SMILES string of the molecule is COc1cc(N)c(I)cc1C#N. The molecule has 0 amide bonds. The summed E-state index contributed by atoms with van der Waals surface area (Å²) in [7, 11) is 1.52. The normalized spacial score (nSPS) is 9.08. The van der Waals surface area contributed by atoms with Crippen molar-refractivity contribution < 1.29 is 4.74 Å². The molecule has 0 saturated heterocycles. The predicted molar refractivity (Wildman–Crippen MR) is 54.8 cm³/mol. The highest BCUT2D eigenvalue weighted by Crippen LogP contribution is 2.25. The Balaban J connectivity index is 3.31. The van der Waals surface area contributed by atoms with Crippen LogP contribution in [-0.4, -0.2) is 7.11 Å². The molecule has 0 saturated carbocycles. The van der Waals surface area contributed by atoms with Gasteiger partial charge in [0.15, 0.2) is 0 Å². The number of nitrogens with zero attached hydrogens (tertiary/aromatic N) is 1. The van der Waals surface area contributed by atoms with Crippen LogP contribution in [0.25, 0.3) is 0 Å². The third-order valence-corrected chi connectivity index (χ3v) is 2.37. The van der Waals surface area contributed by atoms with Crippen LogP contribution >= 0.6 is 22.6 Å². The van der Waals surface area contributed by atoms with Gasteiger partial charge < -0.3 is 10.5 Å². The van der Waals surface area contributed by atoms with Crippen molar-refractivity contribution in [2.75, 3.05) is 12.8 Å². The lowest BCUT2D eigenvalue weighted by Gasteiger charge is -2.04. The van der Waals surface area contributed by atoms with Crippen LogP contribution in [0.2, 0.25) is 0 Å². The average molecular weight is 274 g/mol. The molecule has 3 nitrogen and oxygen atoms in total. The molecule has 12 heavy (non-hydrogen) atoms. The monoisotopic (exact) mass is 274 g/mol. The van der Waals surface area contributed by atoms with Crippen molar-refractivity contribution in [2.24, 2.45) is 0 Å². The van der Waals surface area contributed by atoms with E-state index >= 15 is 0 Å². The minimum Gasteiger partial charge on any atom is -0.495 e. The molecule has 1 rings (SSSR count). The maximum atomic E-state index is 8.69. The fraction of sp³-hybridized carbons (Fsp3) is 0.125. The largest absolute Gasteiger partial charge is 0.495 e. The lowest BCUT2D eigenvalue weighted by molar-refractivity contribution is 0.413. The zero-order chi connectivity index (χ0) is 9.14. The van der Waals surface area contributed by atoms with Gasteiger partial charge in [-0.25, -0.2) is 0 Å². The summed E-state index contributed by atoms with van der Waals surface area (Å²) in [6.07, 6.45) is 0. The van der Waals surface area contributed by atoms with Gasteiger partial charge in [0.2, 0.25) is 0 Å². The van der Waals surface area contributed by atoms with Gasteiger partial charge in [0.25, 0.3) is 0 Å². The van der Waals surface area contributed by atoms with Crippen LogP contribution in [0.4, 0.5) is 5.69 Å². The van der Waals surface area contributed by atoms with Gasteiger partial charge in [-0.3, -0.25) is 0 Å². The molecule has 0 heterocycles. The van der Waals surface area contributed by atoms with Crippen LogP contribution in [0.3, 0.4) is 0 Å². The van der Waals surface area contributed by atoms with E-state index in [1.54, 1.807) is 12.1 Å². The maximum absolute atomic E-state index is 8.69. The number of halogens is 1. The van der Waals surface area contributed by atoms with E-state index in [4.69, 9.17) is 15.7 Å². The number of benzene rings is 1. The van der Waals surface area contributed by atoms with Crippen molar-refractivity contribution in [1.82, 2.24) is 0 Å². The van der Waals surface area contributed by atoms with E-state index in [0.717, 1.165) is 3.57 Å². The van der Waals surface area contributed by atoms with Crippen molar-refractivity contribution in [3.8, 4) is 11.8 Å². The Morgan fingerprint density at radius 2 is 2.25 bits per heavy atom. The molecule has 0 atom stereocenters. The zero-order valence-corrected chi connectivity index (χ0v) is 8.62. The summed E-state index contributed by atoms with van der Waals surface area (Å²) >= 11 is 2.07. The Hall–Kier alpha value is -0.960. The van der Waals surface area contributed by atoms with Gasteiger partial charge in [-0.1, -0.05) is 0 Å². The minimum absolute atomic E-state index is 0.510. The standard InChI is InChI=1S/C8H7IN2O/c1-12-8-3-7(11)6(9)2-5(8)4-10/h2-3H,11H2,1H3. The van der Waals surface area contributed by atoms with Crippen molar-refractivity contribution in [2.45, 2.75) is 0 Å². The van der Waals surface area contributed by atoms with E-state index in [9.17, 15) is 0 Å². The Kier molecular flexibility index (Phi) is 2.76. The summed E-state index contributed by atoms with van der Waals surface area (Å²) in [6.45, 7) is 0. The first-order chi connectivity index (χ1) is 5.69. The zero-order valence-electron chi connectivity index (χ0n) is 6.47. The maximum Gasteiger partial charge on any atom is 0.138 e. The molecule has 0 aliphatic carbocycles. The molecule has 0 fully saturated rings. The molecular weight excluding hydrogens is 267 g/mol. The lowest BCUT2D eigenvalue weighted by Crippen LogP contribution is -1.94. The van der Waals surface area contributed by atoms with Crippen molar-refractivity contribution >= 4 is 28.3 Å². The van der Waals surface area contributed by atoms with Gasteiger partial charge in [-0.2, -0.15) is 5.26 Å². The van der Waals surface area contributed by atoms with Crippen LogP contribution < -0.4 is 10.5 Å². The van der Waals surface area contributed by atoms with E-state index in [2.05, 4.69) is 22.6 Å². The Morgan fingerprint density at radius 3 is 2.75 bits per heavy atom. The number of nitriles is 1. The first-order valence-corrected chi connectivity index (χ1v) is 4.30. The molecule has 1 aromatic rings. The second-order valence-corrected chi connectivity index (χ2v) is 3.35. The molecule has 0 aliphatic heterocycles. The number of ether oxygens (including phenoxy) is 1. The molecule has 0 aliphatic rings. The third kappa shape index (κ3) is 1.61. The molecular formula is C8H7IN2O. The summed E-state index contributed by atoms with van der Waals surface area (Å²) < 4.78 is 5.83. The highest BCUT2D eigenvalue weighted by atomic mass is 127. The Bertz CT molecular complexity index is 344. The van der Waals surface area contributed by atoms with Crippen molar-refractivity contribution in [3.05, 3.63) is 21.3 Å². The van der Waals surface area contributed by atoms with Crippen molar-refractivity contribution in [1.29, 1.82) is 5.26 Å². The topological polar surface area (TPSA) is 59.0 Å². The number of nitrogen functional groups attached to an aromatic ring is 1. The van der Waals surface area contributed by atoms with Crippen LogP contribution in [-0.2, 0) is 0 Å². The number of nitrogens with two attached hydrogens (primary N) is 1. The van der Waals surface area contributed by atoms with Gasteiger partial charge >= 0.3 is 0 Å². The highest BCUT2D eigenvalue weighted by Gasteiger charge is 2.05. The van der Waals surface area contributed by atoms with Gasteiger partial charge in [-0.05, 0) is 28.7 Å². The first-order valence-electron chi connectivity index (χ1n) is 3.22. The van der Waals surface area contributed by atoms with Gasteiger partial charge in [-0.15, -0.1) is 0 Å². The molecule has 0 radical (unpaired) electrons. The van der Waals surface area contributed by atoms with Crippen molar-refractivity contribution in [3.63, 3.8) is 0 Å². The van der Waals surface area contributed by atoms with E-state index in [1.165, 1.54) is 7.11 Å². The number of anilines is 1. The van der Waals surface area contributed by atoms with Crippen LogP contribution in [0.5, 0.6) is 5.75 Å². The quantitative estimate of drug-likeness (QED) is 0.627. The molecule has 1 aromatic carbocycles. The second-order valence-electron chi connectivity index (χ2n) is 2.19. The van der Waals surface area contributed by atoms with E-state index < -0.39 is 0 Å². The number of hydrogen-bond donors (Lipinski definition) is 1. The highest BCUT2D eigenvalue weighted by molar-refractivity contribution is 14.1. The number of rotatable bonds is 1. The summed E-state index contributed by atoms with van der Waals surface area (Å²) in [5.41, 5.74) is 6.76. The van der Waals surface area contributed by atoms with Crippen LogP contribution in [0, 0.1) is 14.9 Å². The van der Waals surface area contributed by atoms with Gasteiger partial charge in [0.1, 0.15) is 11.8 Å². The fourth-order valence-corrected chi connectivity index (χ4v) is 1.29. The molecule has 0 aromatic heterocycles. The second kappa shape index (κ2) is 3.63. The van der Waals surface area contributed by atoms with E-state index in [-0.39, 0.29) is 0 Å². The van der Waals surface area contributed by atoms with E-state index in [1.807, 2.05) is 6.07 Å². The Morgan fingerprint density at radius 1 is 1.58 bits per heavy atom. The van der Waals surface area contributed by atoms with E-state index in [0.29, 0.717) is 17.0 Å². The van der Waals surface area contributed by atoms with Crippen LogP contribution in [0.15, 0.2) is 12.1 Å². The average Bonchev–Trinajstić information content (AvgIpc) is 2.09. The summed E-state index contributed by atoms with van der Waals surface area (Å²) in [5, 5.41) is 8.69. The van der Waals surface area contributed by atoms with Crippen LogP contribution in [0.1, 0.15) is 5.56 Å². The first kappa shape index (κ1) is 9.13. The number of methoxy groups -OCH3 is 1.